The van der Waals surface area contributed by atoms with Crippen LogP contribution in [0.4, 0.5) is 0 Å². The molecule has 0 aliphatic heterocycles. The van der Waals surface area contributed by atoms with Crippen molar-refractivity contribution < 1.29 is 14.9 Å². The molecule has 27 valence electrons. The first kappa shape index (κ1) is 5.16. The van der Waals surface area contributed by atoms with Gasteiger partial charge in [0.2, 0.25) is 0 Å². The van der Waals surface area contributed by atoms with Crippen molar-refractivity contribution in [3.8, 4) is 0 Å². The van der Waals surface area contributed by atoms with E-state index in [4.69, 9.17) is 11.6 Å². The summed E-state index contributed by atoms with van der Waals surface area (Å²) in [5.74, 6) is 0. The van der Waals surface area contributed by atoms with Crippen molar-refractivity contribution in [2.45, 2.75) is 0 Å². The molecule has 0 aromatic carbocycles. The molecule has 0 rings (SSSR count). The number of hydrogen-bond acceptors (Lipinski definition) is 1. The average Bonchev–Trinajstić information content (AvgIpc) is 1.37. The van der Waals surface area contributed by atoms with Crippen molar-refractivity contribution in [3.63, 3.8) is 0 Å². The summed E-state index contributed by atoms with van der Waals surface area (Å²) >= 11 is 8.48. The Morgan fingerprint density at radius 3 is 2.25 bits per heavy atom. The van der Waals surface area contributed by atoms with E-state index in [1.165, 1.54) is 10.2 Å². The van der Waals surface area contributed by atoms with Crippen LogP contribution in [0.2, 0.25) is 0 Å². The number of halogens is 1. The molecule has 0 radical (unpaired) electrons. The molecule has 0 aromatic rings. The van der Waals surface area contributed by atoms with Gasteiger partial charge >= 0.3 is 41.9 Å². The molecule has 4 heavy (non-hydrogen) atoms. The summed E-state index contributed by atoms with van der Waals surface area (Å²) in [7, 11) is 1.37. The van der Waals surface area contributed by atoms with E-state index >= 15 is 0 Å². The Balaban J connectivity index is 1.97. The van der Waals surface area contributed by atoms with Crippen molar-refractivity contribution in [3.05, 3.63) is 0 Å². The second-order valence-electron chi connectivity index (χ2n) is 0.211. The van der Waals surface area contributed by atoms with Crippen LogP contribution in [-0.4, -0.2) is 5.21 Å². The molecule has 0 aliphatic rings. The van der Waals surface area contributed by atoms with Crippen LogP contribution in [-0.2, 0) is 14.9 Å². The maximum absolute atomic E-state index is 5.09. The number of rotatable bonds is 1. The molecule has 0 amide bonds. The molecule has 0 unspecified atom stereocenters. The fourth-order valence-corrected chi connectivity index (χ4v) is 0. The first-order valence-electron chi connectivity index (χ1n) is 0.700. The first-order valence-corrected chi connectivity index (χ1v) is 3.45. The average molecular weight is 137 g/mol. The molecular formula is CH2ClFeS. The fourth-order valence-electron chi connectivity index (χ4n) is 0. The van der Waals surface area contributed by atoms with Gasteiger partial charge in [-0.1, -0.05) is 0 Å². The molecule has 0 spiro atoms. The van der Waals surface area contributed by atoms with Gasteiger partial charge in [0.05, 0.1) is 0 Å². The zero-order valence-corrected chi connectivity index (χ0v) is 4.52. The Bertz CT molecular complexity index is 10.0. The van der Waals surface area contributed by atoms with Crippen LogP contribution in [0.1, 0.15) is 0 Å². The van der Waals surface area contributed by atoms with Crippen LogP contribution in [0.25, 0.3) is 0 Å². The Morgan fingerprint density at radius 2 is 2.25 bits per heavy atom. The molecule has 0 aliphatic carbocycles. The minimum atomic E-state index is 0.597. The Labute approximate surface area is 42.2 Å². The molecule has 0 aromatic heterocycles. The summed E-state index contributed by atoms with van der Waals surface area (Å²) in [6.45, 7) is 0. The molecular weight excluding hydrogens is 135 g/mol. The van der Waals surface area contributed by atoms with Crippen LogP contribution < -0.4 is 0 Å². The van der Waals surface area contributed by atoms with Crippen LogP contribution >= 0.6 is 21.8 Å². The molecule has 0 saturated carbocycles. The van der Waals surface area contributed by atoms with Crippen LogP contribution in [0.15, 0.2) is 0 Å². The van der Waals surface area contributed by atoms with Crippen molar-refractivity contribution in [1.29, 1.82) is 0 Å². The maximum atomic E-state index is 5.09. The van der Waals surface area contributed by atoms with Crippen molar-refractivity contribution in [2.24, 2.45) is 0 Å². The van der Waals surface area contributed by atoms with Crippen LogP contribution in [0.3, 0.4) is 0 Å². The molecule has 0 atom stereocenters. The normalized spacial score (nSPS) is 7.50. The predicted octanol–water partition coefficient (Wildman–Crippen LogP) is 1.38. The summed E-state index contributed by atoms with van der Waals surface area (Å²) in [5.41, 5.74) is 0. The van der Waals surface area contributed by atoms with E-state index in [2.05, 4.69) is 14.9 Å². The second kappa shape index (κ2) is 4.16. The Hall–Kier alpha value is 1.16. The van der Waals surface area contributed by atoms with Gasteiger partial charge in [0, 0.05) is 0 Å². The van der Waals surface area contributed by atoms with Gasteiger partial charge in [0.25, 0.3) is 0 Å². The SMILES string of the molecule is ClC[S][Fe]. The van der Waals surface area contributed by atoms with Crippen LogP contribution in [0.5, 0.6) is 0 Å². The summed E-state index contributed by atoms with van der Waals surface area (Å²) in [5, 5.41) is 0.597. The molecule has 3 heteroatoms. The molecule has 0 N–H and O–H groups in total. The van der Waals surface area contributed by atoms with Gasteiger partial charge < -0.3 is 0 Å². The van der Waals surface area contributed by atoms with E-state index in [1.54, 1.807) is 0 Å². The standard InChI is InChI=1S/CH3ClS.Fe/c2-1-3;/h3H,1H2;/q;+1/p-1. The van der Waals surface area contributed by atoms with E-state index in [0.29, 0.717) is 5.21 Å². The third-order valence-electron chi connectivity index (χ3n) is 0.0386. The zero-order chi connectivity index (χ0) is 3.41. The molecule has 0 heterocycles. The van der Waals surface area contributed by atoms with E-state index in [1.807, 2.05) is 0 Å². The topological polar surface area (TPSA) is 0 Å². The van der Waals surface area contributed by atoms with E-state index in [-0.39, 0.29) is 0 Å². The minimum absolute atomic E-state index is 0.597. The van der Waals surface area contributed by atoms with Gasteiger partial charge in [-0.15, -0.1) is 0 Å². The third-order valence-corrected chi connectivity index (χ3v) is 1.43. The zero-order valence-electron chi connectivity index (χ0n) is 1.85. The number of hydrogen-bond donors (Lipinski definition) is 0. The molecule has 0 saturated heterocycles. The third kappa shape index (κ3) is 3.16. The summed E-state index contributed by atoms with van der Waals surface area (Å²) in [6, 6.07) is 0. The van der Waals surface area contributed by atoms with E-state index in [0.717, 1.165) is 0 Å². The van der Waals surface area contributed by atoms with E-state index < -0.39 is 0 Å². The van der Waals surface area contributed by atoms with Gasteiger partial charge in [-0.25, -0.2) is 0 Å². The van der Waals surface area contributed by atoms with Crippen LogP contribution in [0, 0.1) is 0 Å². The summed E-state index contributed by atoms with van der Waals surface area (Å²) < 4.78 is 0. The molecule has 0 fully saturated rings. The van der Waals surface area contributed by atoms with Gasteiger partial charge in [-0.05, 0) is 0 Å². The molecule has 0 bridgehead atoms. The van der Waals surface area contributed by atoms with Gasteiger partial charge in [-0.3, -0.25) is 0 Å². The summed E-state index contributed by atoms with van der Waals surface area (Å²) in [6.07, 6.45) is 0. The Morgan fingerprint density at radius 1 is 2.00 bits per heavy atom. The van der Waals surface area contributed by atoms with Crippen molar-refractivity contribution in [2.75, 3.05) is 5.21 Å². The van der Waals surface area contributed by atoms with Gasteiger partial charge in [0.15, 0.2) is 0 Å². The Kier molecular flexibility index (Phi) is 5.37. The quantitative estimate of drug-likeness (QED) is 0.389. The monoisotopic (exact) mass is 137 g/mol. The molecule has 0 nitrogen and oxygen atoms in total. The second-order valence-corrected chi connectivity index (χ2v) is 2.24. The van der Waals surface area contributed by atoms with Crippen molar-refractivity contribution in [1.82, 2.24) is 0 Å². The predicted molar refractivity (Wildman–Crippen MR) is 18.3 cm³/mol. The van der Waals surface area contributed by atoms with Crippen molar-refractivity contribution >= 4 is 21.8 Å². The van der Waals surface area contributed by atoms with Gasteiger partial charge in [-0.2, -0.15) is 0 Å². The summed E-state index contributed by atoms with van der Waals surface area (Å²) in [4.78, 5) is 0. The first-order chi connectivity index (χ1) is 1.91. The number of alkyl halides is 1. The fraction of sp³-hybridized carbons (Fsp3) is 1.00. The van der Waals surface area contributed by atoms with E-state index in [9.17, 15) is 0 Å². The van der Waals surface area contributed by atoms with Gasteiger partial charge in [0.1, 0.15) is 0 Å².